The van der Waals surface area contributed by atoms with E-state index in [1.54, 1.807) is 28.2 Å². The largest absolute Gasteiger partial charge is 0.347 e. The van der Waals surface area contributed by atoms with E-state index in [1.807, 2.05) is 19.1 Å². The van der Waals surface area contributed by atoms with Crippen LogP contribution in [0.4, 0.5) is 4.39 Å². The highest BCUT2D eigenvalue weighted by Crippen LogP contribution is 2.22. The Kier molecular flexibility index (Phi) is 4.58. The van der Waals surface area contributed by atoms with Gasteiger partial charge in [0.15, 0.2) is 0 Å². The summed E-state index contributed by atoms with van der Waals surface area (Å²) in [5, 5.41) is 7.10. The van der Waals surface area contributed by atoms with Gasteiger partial charge in [0.2, 0.25) is 0 Å². The van der Waals surface area contributed by atoms with E-state index in [0.29, 0.717) is 23.5 Å². The number of carbonyl (C=O) groups is 1. The van der Waals surface area contributed by atoms with E-state index in [-0.39, 0.29) is 11.7 Å². The summed E-state index contributed by atoms with van der Waals surface area (Å²) >= 11 is 4.97. The van der Waals surface area contributed by atoms with Gasteiger partial charge in [0.1, 0.15) is 5.82 Å². The van der Waals surface area contributed by atoms with Crippen molar-refractivity contribution in [1.29, 1.82) is 0 Å². The summed E-state index contributed by atoms with van der Waals surface area (Å²) in [4.78, 5) is 13.4. The lowest BCUT2D eigenvalue weighted by molar-refractivity contribution is 0.0950. The van der Waals surface area contributed by atoms with E-state index < -0.39 is 0 Å². The molecule has 3 rings (SSSR count). The number of halogens is 2. The van der Waals surface area contributed by atoms with E-state index in [0.717, 1.165) is 8.66 Å². The SMILES string of the molecule is Cc1c(C(=O)NCc2ccc(Br)s2)cnn1-c1ccc(F)cc1. The number of rotatable bonds is 4. The summed E-state index contributed by atoms with van der Waals surface area (Å²) in [7, 11) is 0. The third-order valence-electron chi connectivity index (χ3n) is 3.38. The lowest BCUT2D eigenvalue weighted by atomic mass is 10.2. The highest BCUT2D eigenvalue weighted by Gasteiger charge is 2.15. The zero-order valence-corrected chi connectivity index (χ0v) is 14.6. The normalized spacial score (nSPS) is 10.7. The van der Waals surface area contributed by atoms with Crippen LogP contribution in [-0.2, 0) is 6.54 Å². The Labute approximate surface area is 145 Å². The quantitative estimate of drug-likeness (QED) is 0.725. The molecule has 0 spiro atoms. The monoisotopic (exact) mass is 393 g/mol. The van der Waals surface area contributed by atoms with E-state index in [4.69, 9.17) is 0 Å². The minimum Gasteiger partial charge on any atom is -0.347 e. The van der Waals surface area contributed by atoms with E-state index >= 15 is 0 Å². The van der Waals surface area contributed by atoms with E-state index in [9.17, 15) is 9.18 Å². The third kappa shape index (κ3) is 3.51. The van der Waals surface area contributed by atoms with Crippen molar-refractivity contribution in [3.05, 3.63) is 68.3 Å². The molecule has 4 nitrogen and oxygen atoms in total. The number of carbonyl (C=O) groups excluding carboxylic acids is 1. The Bertz CT molecular complexity index is 841. The summed E-state index contributed by atoms with van der Waals surface area (Å²) in [5.74, 6) is -0.487. The van der Waals surface area contributed by atoms with Crippen molar-refractivity contribution in [3.8, 4) is 5.69 Å². The molecule has 3 aromatic rings. The molecule has 0 atom stereocenters. The lowest BCUT2D eigenvalue weighted by Crippen LogP contribution is -2.22. The predicted octanol–water partition coefficient (Wildman–Crippen LogP) is 4.07. The molecule has 2 aromatic heterocycles. The minimum atomic E-state index is -0.307. The Morgan fingerprint density at radius 1 is 1.30 bits per heavy atom. The third-order valence-corrected chi connectivity index (χ3v) is 5.00. The fourth-order valence-electron chi connectivity index (χ4n) is 2.18. The van der Waals surface area contributed by atoms with Crippen molar-refractivity contribution in [2.24, 2.45) is 0 Å². The van der Waals surface area contributed by atoms with Crippen LogP contribution in [0.15, 0.2) is 46.4 Å². The van der Waals surface area contributed by atoms with Gasteiger partial charge in [-0.2, -0.15) is 5.10 Å². The number of hydrogen-bond donors (Lipinski definition) is 1. The molecule has 0 fully saturated rings. The van der Waals surface area contributed by atoms with Gasteiger partial charge >= 0.3 is 0 Å². The zero-order chi connectivity index (χ0) is 16.4. The predicted molar refractivity (Wildman–Crippen MR) is 91.4 cm³/mol. The van der Waals surface area contributed by atoms with Crippen LogP contribution in [0, 0.1) is 12.7 Å². The van der Waals surface area contributed by atoms with Crippen LogP contribution in [0.25, 0.3) is 5.69 Å². The van der Waals surface area contributed by atoms with Gasteiger partial charge in [-0.05, 0) is 59.3 Å². The number of nitrogens with zero attached hydrogens (tertiary/aromatic N) is 2. The van der Waals surface area contributed by atoms with Gasteiger partial charge < -0.3 is 5.32 Å². The number of amides is 1. The van der Waals surface area contributed by atoms with Gasteiger partial charge in [-0.3, -0.25) is 4.79 Å². The Morgan fingerprint density at radius 3 is 2.70 bits per heavy atom. The highest BCUT2D eigenvalue weighted by atomic mass is 79.9. The number of nitrogens with one attached hydrogen (secondary N) is 1. The van der Waals surface area contributed by atoms with Gasteiger partial charge in [-0.1, -0.05) is 0 Å². The standard InChI is InChI=1S/C16H13BrFN3OS/c1-10-14(16(22)19-8-13-6-7-15(17)23-13)9-20-21(10)12-4-2-11(18)3-5-12/h2-7,9H,8H2,1H3,(H,19,22). The molecule has 1 N–H and O–H groups in total. The molecular formula is C16H13BrFN3OS. The Balaban J connectivity index is 1.75. The maximum atomic E-state index is 13.0. The van der Waals surface area contributed by atoms with Crippen molar-refractivity contribution >= 4 is 33.2 Å². The molecule has 0 saturated heterocycles. The first-order chi connectivity index (χ1) is 11.0. The summed E-state index contributed by atoms with van der Waals surface area (Å²) < 4.78 is 15.7. The summed E-state index contributed by atoms with van der Waals surface area (Å²) in [6.07, 6.45) is 1.53. The summed E-state index contributed by atoms with van der Waals surface area (Å²) in [6.45, 7) is 2.28. The number of benzene rings is 1. The summed E-state index contributed by atoms with van der Waals surface area (Å²) in [5.41, 5.74) is 1.93. The molecule has 0 unspecified atom stereocenters. The topological polar surface area (TPSA) is 46.9 Å². The second-order valence-electron chi connectivity index (χ2n) is 4.92. The molecule has 0 aliphatic heterocycles. The average molecular weight is 394 g/mol. The van der Waals surface area contributed by atoms with Crippen molar-refractivity contribution in [3.63, 3.8) is 0 Å². The molecule has 1 amide bonds. The van der Waals surface area contributed by atoms with Crippen molar-refractivity contribution in [2.75, 3.05) is 0 Å². The van der Waals surface area contributed by atoms with Crippen molar-refractivity contribution in [1.82, 2.24) is 15.1 Å². The van der Waals surface area contributed by atoms with Crippen LogP contribution >= 0.6 is 27.3 Å². The second kappa shape index (κ2) is 6.64. The molecule has 0 saturated carbocycles. The number of thiophene rings is 1. The van der Waals surface area contributed by atoms with Gasteiger partial charge in [0.05, 0.1) is 33.5 Å². The van der Waals surface area contributed by atoms with Crippen molar-refractivity contribution < 1.29 is 9.18 Å². The molecule has 0 radical (unpaired) electrons. The first kappa shape index (κ1) is 15.9. The van der Waals surface area contributed by atoms with Crippen LogP contribution < -0.4 is 5.32 Å². The second-order valence-corrected chi connectivity index (χ2v) is 7.47. The van der Waals surface area contributed by atoms with Gasteiger partial charge in [0.25, 0.3) is 5.91 Å². The molecule has 0 bridgehead atoms. The maximum Gasteiger partial charge on any atom is 0.255 e. The molecule has 23 heavy (non-hydrogen) atoms. The Morgan fingerprint density at radius 2 is 2.04 bits per heavy atom. The van der Waals surface area contributed by atoms with Gasteiger partial charge in [0, 0.05) is 4.88 Å². The fourth-order valence-corrected chi connectivity index (χ4v) is 3.61. The van der Waals surface area contributed by atoms with Crippen LogP contribution in [-0.4, -0.2) is 15.7 Å². The lowest BCUT2D eigenvalue weighted by Gasteiger charge is -2.06. The van der Waals surface area contributed by atoms with Gasteiger partial charge in [-0.25, -0.2) is 9.07 Å². The Hall–Kier alpha value is -1.99. The average Bonchev–Trinajstić information content (AvgIpc) is 3.12. The molecule has 1 aromatic carbocycles. The fraction of sp³-hybridized carbons (Fsp3) is 0.125. The minimum absolute atomic E-state index is 0.180. The van der Waals surface area contributed by atoms with Crippen LogP contribution in [0.5, 0.6) is 0 Å². The summed E-state index contributed by atoms with van der Waals surface area (Å²) in [6, 6.07) is 9.89. The van der Waals surface area contributed by atoms with Crippen molar-refractivity contribution in [2.45, 2.75) is 13.5 Å². The van der Waals surface area contributed by atoms with Crippen LogP contribution in [0.1, 0.15) is 20.9 Å². The maximum absolute atomic E-state index is 13.0. The van der Waals surface area contributed by atoms with Crippen LogP contribution in [0.2, 0.25) is 0 Å². The molecule has 0 aliphatic rings. The number of hydrogen-bond acceptors (Lipinski definition) is 3. The molecule has 118 valence electrons. The van der Waals surface area contributed by atoms with E-state index in [1.165, 1.54) is 18.3 Å². The first-order valence-corrected chi connectivity index (χ1v) is 8.48. The number of aromatic nitrogens is 2. The van der Waals surface area contributed by atoms with E-state index in [2.05, 4.69) is 26.3 Å². The smallest absolute Gasteiger partial charge is 0.255 e. The molecule has 0 aliphatic carbocycles. The van der Waals surface area contributed by atoms with Gasteiger partial charge in [-0.15, -0.1) is 11.3 Å². The molecule has 7 heteroatoms. The zero-order valence-electron chi connectivity index (χ0n) is 12.2. The highest BCUT2D eigenvalue weighted by molar-refractivity contribution is 9.11. The van der Waals surface area contributed by atoms with Crippen LogP contribution in [0.3, 0.4) is 0 Å². The first-order valence-electron chi connectivity index (χ1n) is 6.87. The molecule has 2 heterocycles. The molecular weight excluding hydrogens is 381 g/mol.